The zero-order valence-corrected chi connectivity index (χ0v) is 12.2. The lowest BCUT2D eigenvalue weighted by atomic mass is 10.0. The van der Waals surface area contributed by atoms with Gasteiger partial charge in [-0.25, -0.2) is 0 Å². The molecule has 0 atom stereocenters. The van der Waals surface area contributed by atoms with Crippen LogP contribution in [0, 0.1) is 0 Å². The van der Waals surface area contributed by atoms with Crippen molar-refractivity contribution in [3.63, 3.8) is 0 Å². The summed E-state index contributed by atoms with van der Waals surface area (Å²) in [7, 11) is 0. The van der Waals surface area contributed by atoms with Gasteiger partial charge < -0.3 is 10.6 Å². The van der Waals surface area contributed by atoms with Gasteiger partial charge in [-0.1, -0.05) is 13.8 Å². The van der Waals surface area contributed by atoms with Gasteiger partial charge in [0.15, 0.2) is 0 Å². The molecule has 0 aromatic heterocycles. The maximum atomic E-state index is 11.5. The first kappa shape index (κ1) is 14.8. The predicted molar refractivity (Wildman–Crippen MR) is 75.5 cm³/mol. The van der Waals surface area contributed by atoms with Crippen LogP contribution in [0.25, 0.3) is 0 Å². The topological polar surface area (TPSA) is 41.1 Å². The second-order valence-corrected chi connectivity index (χ2v) is 6.14. The quantitative estimate of drug-likeness (QED) is 0.623. The van der Waals surface area contributed by atoms with Crippen LogP contribution in [0.4, 0.5) is 0 Å². The summed E-state index contributed by atoms with van der Waals surface area (Å²) >= 11 is 1.93. The lowest BCUT2D eigenvalue weighted by Gasteiger charge is -2.29. The molecular weight excluding hydrogens is 232 g/mol. The third-order valence-electron chi connectivity index (χ3n) is 3.64. The fraction of sp³-hybridized carbons (Fsp3) is 0.923. The first-order chi connectivity index (χ1) is 8.15. The highest BCUT2D eigenvalue weighted by atomic mass is 32.2. The van der Waals surface area contributed by atoms with Crippen molar-refractivity contribution in [3.8, 4) is 0 Å². The average Bonchev–Trinajstić information content (AvgIpc) is 3.14. The zero-order valence-electron chi connectivity index (χ0n) is 11.3. The fourth-order valence-electron chi connectivity index (χ4n) is 1.91. The summed E-state index contributed by atoms with van der Waals surface area (Å²) in [6.07, 6.45) is 7.46. The fourth-order valence-corrected chi connectivity index (χ4v) is 2.73. The van der Waals surface area contributed by atoms with Gasteiger partial charge >= 0.3 is 0 Å². The molecule has 0 radical (unpaired) electrons. The van der Waals surface area contributed by atoms with Crippen LogP contribution in [0.1, 0.15) is 46.0 Å². The first-order valence-corrected chi connectivity index (χ1v) is 7.93. The SMILES string of the molecule is CCC(CC)(CNCCC(=O)NC1CC1)SC. The Morgan fingerprint density at radius 2 is 2.00 bits per heavy atom. The van der Waals surface area contributed by atoms with Gasteiger partial charge in [-0.15, -0.1) is 0 Å². The first-order valence-electron chi connectivity index (χ1n) is 6.71. The second-order valence-electron chi connectivity index (χ2n) is 4.86. The minimum atomic E-state index is 0.197. The summed E-state index contributed by atoms with van der Waals surface area (Å²) in [6.45, 7) is 6.27. The molecule has 0 bridgehead atoms. The van der Waals surface area contributed by atoms with Crippen LogP contribution in [-0.4, -0.2) is 36.0 Å². The van der Waals surface area contributed by atoms with Gasteiger partial charge in [-0.2, -0.15) is 11.8 Å². The Labute approximate surface area is 109 Å². The molecule has 4 heteroatoms. The molecule has 1 fully saturated rings. The van der Waals surface area contributed by atoms with Crippen LogP contribution in [0.3, 0.4) is 0 Å². The third kappa shape index (κ3) is 5.30. The van der Waals surface area contributed by atoms with Crippen LogP contribution >= 0.6 is 11.8 Å². The Kier molecular flexibility index (Phi) is 6.34. The smallest absolute Gasteiger partial charge is 0.221 e. The Balaban J connectivity index is 2.10. The Morgan fingerprint density at radius 3 is 2.47 bits per heavy atom. The minimum Gasteiger partial charge on any atom is -0.353 e. The van der Waals surface area contributed by atoms with Crippen LogP contribution < -0.4 is 10.6 Å². The van der Waals surface area contributed by atoms with E-state index in [0.29, 0.717) is 17.2 Å². The van der Waals surface area contributed by atoms with Crippen molar-refractivity contribution in [2.24, 2.45) is 0 Å². The highest BCUT2D eigenvalue weighted by Gasteiger charge is 2.25. The van der Waals surface area contributed by atoms with Gasteiger partial charge in [0.2, 0.25) is 5.91 Å². The van der Waals surface area contributed by atoms with E-state index in [1.807, 2.05) is 11.8 Å². The van der Waals surface area contributed by atoms with Gasteiger partial charge in [-0.05, 0) is 31.9 Å². The summed E-state index contributed by atoms with van der Waals surface area (Å²) in [5.41, 5.74) is 0. The molecule has 17 heavy (non-hydrogen) atoms. The van der Waals surface area contributed by atoms with E-state index in [1.54, 1.807) is 0 Å². The Morgan fingerprint density at radius 1 is 1.35 bits per heavy atom. The zero-order chi connectivity index (χ0) is 12.7. The van der Waals surface area contributed by atoms with E-state index in [0.717, 1.165) is 13.1 Å². The number of thioether (sulfide) groups is 1. The summed E-state index contributed by atoms with van der Waals surface area (Å²) in [4.78, 5) is 11.5. The minimum absolute atomic E-state index is 0.197. The lowest BCUT2D eigenvalue weighted by Crippen LogP contribution is -2.38. The monoisotopic (exact) mass is 258 g/mol. The van der Waals surface area contributed by atoms with Gasteiger partial charge in [0.25, 0.3) is 0 Å². The molecule has 1 rings (SSSR count). The number of rotatable bonds is 9. The Hall–Kier alpha value is -0.220. The number of carbonyl (C=O) groups excluding carboxylic acids is 1. The summed E-state index contributed by atoms with van der Waals surface area (Å²) in [5, 5.41) is 6.43. The highest BCUT2D eigenvalue weighted by molar-refractivity contribution is 8.00. The molecule has 100 valence electrons. The molecule has 2 N–H and O–H groups in total. The van der Waals surface area contributed by atoms with E-state index in [9.17, 15) is 4.79 Å². The molecule has 1 amide bonds. The van der Waals surface area contributed by atoms with E-state index in [2.05, 4.69) is 30.7 Å². The molecule has 3 nitrogen and oxygen atoms in total. The molecular formula is C13H26N2OS. The van der Waals surface area contributed by atoms with Crippen molar-refractivity contribution >= 4 is 17.7 Å². The van der Waals surface area contributed by atoms with Crippen molar-refractivity contribution in [1.29, 1.82) is 0 Å². The molecule has 0 aromatic rings. The third-order valence-corrected chi connectivity index (χ3v) is 5.23. The maximum absolute atomic E-state index is 11.5. The van der Waals surface area contributed by atoms with Crippen molar-refractivity contribution in [3.05, 3.63) is 0 Å². The molecule has 0 heterocycles. The van der Waals surface area contributed by atoms with Gasteiger partial charge in [0.1, 0.15) is 0 Å². The molecule has 0 unspecified atom stereocenters. The molecule has 1 aliphatic carbocycles. The average molecular weight is 258 g/mol. The van der Waals surface area contributed by atoms with Crippen LogP contribution in [-0.2, 0) is 4.79 Å². The van der Waals surface area contributed by atoms with Gasteiger partial charge in [-0.3, -0.25) is 4.79 Å². The second kappa shape index (κ2) is 7.27. The lowest BCUT2D eigenvalue weighted by molar-refractivity contribution is -0.121. The predicted octanol–water partition coefficient (Wildman–Crippen LogP) is 2.17. The molecule has 1 saturated carbocycles. The van der Waals surface area contributed by atoms with E-state index >= 15 is 0 Å². The molecule has 0 aliphatic heterocycles. The molecule has 0 spiro atoms. The number of hydrogen-bond acceptors (Lipinski definition) is 3. The Bertz CT molecular complexity index is 229. The number of nitrogens with one attached hydrogen (secondary N) is 2. The standard InChI is InChI=1S/C13H26N2OS/c1-4-13(5-2,17-3)10-14-9-8-12(16)15-11-6-7-11/h11,14H,4-10H2,1-3H3,(H,15,16). The summed E-state index contributed by atoms with van der Waals surface area (Å²) in [6, 6.07) is 0.485. The van der Waals surface area contributed by atoms with Crippen molar-refractivity contribution in [2.45, 2.75) is 56.7 Å². The number of amides is 1. The molecule has 0 aromatic carbocycles. The molecule has 1 aliphatic rings. The van der Waals surface area contributed by atoms with Crippen LogP contribution in [0.5, 0.6) is 0 Å². The largest absolute Gasteiger partial charge is 0.353 e. The number of hydrogen-bond donors (Lipinski definition) is 2. The van der Waals surface area contributed by atoms with E-state index < -0.39 is 0 Å². The highest BCUT2D eigenvalue weighted by Crippen LogP contribution is 2.29. The van der Waals surface area contributed by atoms with Crippen LogP contribution in [0.15, 0.2) is 0 Å². The summed E-state index contributed by atoms with van der Waals surface area (Å²) in [5.74, 6) is 0.197. The van der Waals surface area contributed by atoms with Crippen molar-refractivity contribution in [2.75, 3.05) is 19.3 Å². The summed E-state index contributed by atoms with van der Waals surface area (Å²) < 4.78 is 0.340. The van der Waals surface area contributed by atoms with E-state index in [1.165, 1.54) is 25.7 Å². The van der Waals surface area contributed by atoms with Crippen molar-refractivity contribution < 1.29 is 4.79 Å². The normalized spacial score (nSPS) is 15.9. The van der Waals surface area contributed by atoms with E-state index in [-0.39, 0.29) is 5.91 Å². The van der Waals surface area contributed by atoms with Gasteiger partial charge in [0.05, 0.1) is 0 Å². The molecule has 0 saturated heterocycles. The van der Waals surface area contributed by atoms with Crippen LogP contribution in [0.2, 0.25) is 0 Å². The van der Waals surface area contributed by atoms with E-state index in [4.69, 9.17) is 0 Å². The number of carbonyl (C=O) groups is 1. The van der Waals surface area contributed by atoms with Crippen molar-refractivity contribution in [1.82, 2.24) is 10.6 Å². The maximum Gasteiger partial charge on any atom is 0.221 e. The van der Waals surface area contributed by atoms with Gasteiger partial charge in [0, 0.05) is 30.3 Å².